The third-order valence-electron chi connectivity index (χ3n) is 5.22. The van der Waals surface area contributed by atoms with Crippen LogP contribution in [0.2, 0.25) is 5.02 Å². The Balaban J connectivity index is 1.85. The molecule has 0 aliphatic carbocycles. The van der Waals surface area contributed by atoms with E-state index in [1.807, 2.05) is 0 Å². The lowest BCUT2D eigenvalue weighted by atomic mass is 10.0. The van der Waals surface area contributed by atoms with Crippen molar-refractivity contribution in [2.75, 3.05) is 26.3 Å². The number of nitrogens with two attached hydrogens (primary N) is 1. The van der Waals surface area contributed by atoms with Crippen LogP contribution in [0.5, 0.6) is 11.5 Å². The Morgan fingerprint density at radius 2 is 1.88 bits per heavy atom. The van der Waals surface area contributed by atoms with Crippen molar-refractivity contribution in [3.05, 3.63) is 40.9 Å². The lowest BCUT2D eigenvalue weighted by molar-refractivity contribution is -0.107. The quantitative estimate of drug-likeness (QED) is 0.380. The van der Waals surface area contributed by atoms with E-state index in [2.05, 4.69) is 0 Å². The molecule has 0 aromatic heterocycles. The predicted molar refractivity (Wildman–Crippen MR) is 122 cm³/mol. The van der Waals surface area contributed by atoms with E-state index in [1.54, 1.807) is 24.3 Å². The molecular weight excluding hydrogens is 472 g/mol. The van der Waals surface area contributed by atoms with E-state index in [0.717, 1.165) is 6.29 Å². The third kappa shape index (κ3) is 6.37. The van der Waals surface area contributed by atoms with E-state index < -0.39 is 16.1 Å². The molecule has 0 spiro atoms. The molecule has 0 radical (unpaired) electrons. The maximum atomic E-state index is 12.1. The molecule has 3 N–H and O–H groups in total. The van der Waals surface area contributed by atoms with Crippen LogP contribution >= 0.6 is 11.6 Å². The molecule has 0 saturated carbocycles. The minimum atomic E-state index is -4.06. The number of fused-ring (bicyclic) bond motifs is 1. The number of sulfonamides is 1. The number of ether oxygens (including phenoxy) is 2. The van der Waals surface area contributed by atoms with Gasteiger partial charge in [-0.15, -0.1) is 0 Å². The fourth-order valence-electron chi connectivity index (χ4n) is 3.53. The molecule has 1 aliphatic heterocycles. The van der Waals surface area contributed by atoms with Crippen molar-refractivity contribution >= 4 is 34.0 Å². The molecule has 11 heteroatoms. The monoisotopic (exact) mass is 496 g/mol. The zero-order valence-corrected chi connectivity index (χ0v) is 19.4. The first-order chi connectivity index (χ1) is 15.7. The SMILES string of the molecule is NS(=O)(=O)c1cc(-c2ccc(Cl)c(CCN(CCCCC=O)C(=O)O)c2)cc2c1OCCO2. The Morgan fingerprint density at radius 1 is 1.12 bits per heavy atom. The van der Waals surface area contributed by atoms with E-state index >= 15 is 0 Å². The summed E-state index contributed by atoms with van der Waals surface area (Å²) in [5.74, 6) is 0.375. The summed E-state index contributed by atoms with van der Waals surface area (Å²) in [6.07, 6.45) is 1.75. The van der Waals surface area contributed by atoms with Crippen LogP contribution < -0.4 is 14.6 Å². The number of unbranched alkanes of at least 4 members (excludes halogenated alkanes) is 2. The smallest absolute Gasteiger partial charge is 0.407 e. The van der Waals surface area contributed by atoms with Crippen molar-refractivity contribution < 1.29 is 32.6 Å². The summed E-state index contributed by atoms with van der Waals surface area (Å²) in [5.41, 5.74) is 1.93. The van der Waals surface area contributed by atoms with Crippen LogP contribution in [-0.2, 0) is 21.2 Å². The number of primary sulfonamides is 1. The number of hydrogen-bond donors (Lipinski definition) is 2. The number of halogens is 1. The van der Waals surface area contributed by atoms with E-state index in [4.69, 9.17) is 26.2 Å². The minimum Gasteiger partial charge on any atom is -0.486 e. The van der Waals surface area contributed by atoms with E-state index in [-0.39, 0.29) is 36.2 Å². The molecule has 33 heavy (non-hydrogen) atoms. The number of aldehydes is 1. The highest BCUT2D eigenvalue weighted by Crippen LogP contribution is 2.40. The van der Waals surface area contributed by atoms with Crippen LogP contribution in [0.4, 0.5) is 4.79 Å². The zero-order valence-electron chi connectivity index (χ0n) is 17.8. The Hall–Kier alpha value is -2.82. The summed E-state index contributed by atoms with van der Waals surface area (Å²) >= 11 is 6.35. The lowest BCUT2D eigenvalue weighted by Gasteiger charge is -2.22. The first-order valence-corrected chi connectivity index (χ1v) is 12.3. The highest BCUT2D eigenvalue weighted by Gasteiger charge is 2.25. The molecule has 3 rings (SSSR count). The molecular formula is C22H25ClN2O7S. The van der Waals surface area contributed by atoms with Gasteiger partial charge in [0, 0.05) is 24.5 Å². The van der Waals surface area contributed by atoms with Gasteiger partial charge < -0.3 is 24.3 Å². The van der Waals surface area contributed by atoms with Crippen molar-refractivity contribution in [3.8, 4) is 22.6 Å². The first-order valence-electron chi connectivity index (χ1n) is 10.4. The van der Waals surface area contributed by atoms with Gasteiger partial charge in [0.25, 0.3) is 0 Å². The molecule has 0 fully saturated rings. The van der Waals surface area contributed by atoms with Gasteiger partial charge in [-0.2, -0.15) is 0 Å². The van der Waals surface area contributed by atoms with Gasteiger partial charge in [-0.1, -0.05) is 17.7 Å². The van der Waals surface area contributed by atoms with Gasteiger partial charge in [0.05, 0.1) is 0 Å². The Bertz CT molecular complexity index is 1140. The standard InChI is InChI=1S/C22H25ClN2O7S/c23-18-5-4-15(12-16(18)6-8-25(22(27)28)7-2-1-3-9-26)17-13-19-21(32-11-10-31-19)20(14-17)33(24,29)30/h4-5,9,12-14H,1-3,6-8,10-11H2,(H,27,28)(H2,24,29,30). The fourth-order valence-corrected chi connectivity index (χ4v) is 4.46. The molecule has 1 amide bonds. The highest BCUT2D eigenvalue weighted by atomic mass is 35.5. The summed E-state index contributed by atoms with van der Waals surface area (Å²) in [6.45, 7) is 1.04. The molecule has 1 heterocycles. The van der Waals surface area contributed by atoms with Gasteiger partial charge in [0.1, 0.15) is 24.4 Å². The van der Waals surface area contributed by atoms with Crippen LogP contribution in [0.3, 0.4) is 0 Å². The van der Waals surface area contributed by atoms with Crippen molar-refractivity contribution in [1.82, 2.24) is 4.90 Å². The Kier molecular flexibility index (Phi) is 8.17. The van der Waals surface area contributed by atoms with E-state index in [9.17, 15) is 23.1 Å². The largest absolute Gasteiger partial charge is 0.486 e. The van der Waals surface area contributed by atoms with Crippen molar-refractivity contribution in [2.45, 2.75) is 30.6 Å². The summed E-state index contributed by atoms with van der Waals surface area (Å²) < 4.78 is 35.3. The average molecular weight is 497 g/mol. The Labute approximate surface area is 197 Å². The topological polar surface area (TPSA) is 136 Å². The maximum Gasteiger partial charge on any atom is 0.407 e. The van der Waals surface area contributed by atoms with Crippen LogP contribution in [-0.4, -0.2) is 57.1 Å². The molecule has 2 aromatic rings. The second kappa shape index (κ2) is 10.9. The normalized spacial score (nSPS) is 12.9. The predicted octanol–water partition coefficient (Wildman–Crippen LogP) is 3.32. The van der Waals surface area contributed by atoms with Crippen molar-refractivity contribution in [3.63, 3.8) is 0 Å². The van der Waals surface area contributed by atoms with Crippen molar-refractivity contribution in [1.29, 1.82) is 0 Å². The molecule has 0 atom stereocenters. The molecule has 9 nitrogen and oxygen atoms in total. The molecule has 0 bridgehead atoms. The molecule has 178 valence electrons. The number of carboxylic acid groups (broad SMARTS) is 1. The number of benzene rings is 2. The molecule has 2 aromatic carbocycles. The number of carbonyl (C=O) groups excluding carboxylic acids is 1. The molecule has 0 saturated heterocycles. The van der Waals surface area contributed by atoms with Crippen LogP contribution in [0.25, 0.3) is 11.1 Å². The van der Waals surface area contributed by atoms with Gasteiger partial charge in [0.2, 0.25) is 10.0 Å². The van der Waals surface area contributed by atoms with Gasteiger partial charge in [-0.25, -0.2) is 18.4 Å². The first kappa shape index (κ1) is 24.8. The van der Waals surface area contributed by atoms with Gasteiger partial charge in [-0.05, 0) is 60.2 Å². The van der Waals surface area contributed by atoms with E-state index in [1.165, 1.54) is 11.0 Å². The third-order valence-corrected chi connectivity index (χ3v) is 6.50. The summed E-state index contributed by atoms with van der Waals surface area (Å²) in [5, 5.41) is 15.3. The van der Waals surface area contributed by atoms with Gasteiger partial charge in [-0.3, -0.25) is 0 Å². The second-order valence-corrected chi connectivity index (χ2v) is 9.47. The number of rotatable bonds is 10. The zero-order chi connectivity index (χ0) is 24.0. The maximum absolute atomic E-state index is 12.1. The average Bonchev–Trinajstić information content (AvgIpc) is 2.78. The van der Waals surface area contributed by atoms with Crippen LogP contribution in [0.1, 0.15) is 24.8 Å². The fraction of sp³-hybridized carbons (Fsp3) is 0.364. The summed E-state index contributed by atoms with van der Waals surface area (Å²) in [7, 11) is -4.06. The van der Waals surface area contributed by atoms with E-state index in [0.29, 0.717) is 53.9 Å². The summed E-state index contributed by atoms with van der Waals surface area (Å²) in [4.78, 5) is 23.1. The van der Waals surface area contributed by atoms with Crippen LogP contribution in [0, 0.1) is 0 Å². The number of amides is 1. The highest BCUT2D eigenvalue weighted by molar-refractivity contribution is 7.89. The van der Waals surface area contributed by atoms with Gasteiger partial charge >= 0.3 is 6.09 Å². The van der Waals surface area contributed by atoms with Gasteiger partial charge in [0.15, 0.2) is 11.5 Å². The second-order valence-electron chi connectivity index (χ2n) is 7.53. The summed E-state index contributed by atoms with van der Waals surface area (Å²) in [6, 6.07) is 8.29. The lowest BCUT2D eigenvalue weighted by Crippen LogP contribution is -2.32. The minimum absolute atomic E-state index is 0.0911. The van der Waals surface area contributed by atoms with Crippen molar-refractivity contribution in [2.24, 2.45) is 5.14 Å². The molecule has 1 aliphatic rings. The number of nitrogens with zero attached hydrogens (tertiary/aromatic N) is 1. The number of hydrogen-bond acceptors (Lipinski definition) is 6. The van der Waals surface area contributed by atoms with Crippen LogP contribution in [0.15, 0.2) is 35.2 Å². The molecule has 0 unspecified atom stereocenters. The Morgan fingerprint density at radius 3 is 2.58 bits per heavy atom. The number of carbonyl (C=O) groups is 2.